The number of hydrogen-bond donors (Lipinski definition) is 1. The molecule has 1 heterocycles. The Hall–Kier alpha value is -1.20. The number of carbonyl (C=O) groups is 1. The molecule has 1 N–H and O–H groups in total. The monoisotopic (exact) mass is 308 g/mol. The molecule has 0 saturated carbocycles. The second-order valence-corrected chi connectivity index (χ2v) is 6.70. The van der Waals surface area contributed by atoms with Gasteiger partial charge in [-0.05, 0) is 51.2 Å². The number of anilines is 1. The van der Waals surface area contributed by atoms with Crippen molar-refractivity contribution in [3.8, 4) is 0 Å². The fourth-order valence-electron chi connectivity index (χ4n) is 3.04. The lowest BCUT2D eigenvalue weighted by Crippen LogP contribution is -2.37. The van der Waals surface area contributed by atoms with Crippen LogP contribution in [0.5, 0.6) is 0 Å². The molecule has 1 aliphatic heterocycles. The van der Waals surface area contributed by atoms with Crippen molar-refractivity contribution in [1.82, 2.24) is 4.90 Å². The van der Waals surface area contributed by atoms with Crippen LogP contribution in [0.3, 0.4) is 0 Å². The topological polar surface area (TPSA) is 43.8 Å². The molecule has 1 aromatic carbocycles. The van der Waals surface area contributed by atoms with E-state index in [2.05, 4.69) is 23.9 Å². The van der Waals surface area contributed by atoms with Gasteiger partial charge in [0.2, 0.25) is 0 Å². The summed E-state index contributed by atoms with van der Waals surface area (Å²) >= 11 is 1.50. The highest BCUT2D eigenvalue weighted by molar-refractivity contribution is 7.98. The number of piperidine rings is 1. The first-order valence-corrected chi connectivity index (χ1v) is 8.55. The number of thioether (sulfide) groups is 1. The predicted molar refractivity (Wildman–Crippen MR) is 88.7 cm³/mol. The van der Waals surface area contributed by atoms with E-state index in [1.807, 2.05) is 24.5 Å². The van der Waals surface area contributed by atoms with Gasteiger partial charge in [-0.15, -0.1) is 11.8 Å². The van der Waals surface area contributed by atoms with Gasteiger partial charge in [-0.1, -0.05) is 6.07 Å². The molecule has 0 radical (unpaired) electrons. The summed E-state index contributed by atoms with van der Waals surface area (Å²) < 4.78 is 0. The van der Waals surface area contributed by atoms with E-state index in [9.17, 15) is 9.90 Å². The predicted octanol–water partition coefficient (Wildman–Crippen LogP) is 2.88. The second-order valence-electron chi connectivity index (χ2n) is 5.85. The average molecular weight is 308 g/mol. The molecule has 0 spiro atoms. The third kappa shape index (κ3) is 3.92. The van der Waals surface area contributed by atoms with E-state index in [4.69, 9.17) is 0 Å². The highest BCUT2D eigenvalue weighted by atomic mass is 32.2. The van der Waals surface area contributed by atoms with Gasteiger partial charge in [-0.25, -0.2) is 4.79 Å². The number of hydrogen-bond acceptors (Lipinski definition) is 4. The Labute approximate surface area is 131 Å². The van der Waals surface area contributed by atoms with Crippen molar-refractivity contribution in [2.24, 2.45) is 5.92 Å². The van der Waals surface area contributed by atoms with Crippen LogP contribution in [0.25, 0.3) is 0 Å². The lowest BCUT2D eigenvalue weighted by molar-refractivity contribution is 0.0693. The zero-order chi connectivity index (χ0) is 15.4. The summed E-state index contributed by atoms with van der Waals surface area (Å²) in [4.78, 5) is 16.9. The maximum Gasteiger partial charge on any atom is 0.338 e. The zero-order valence-electron chi connectivity index (χ0n) is 13.0. The maximum atomic E-state index is 11.6. The molecule has 0 bridgehead atoms. The third-order valence-corrected chi connectivity index (χ3v) is 4.80. The van der Waals surface area contributed by atoms with Crippen molar-refractivity contribution >= 4 is 23.4 Å². The minimum Gasteiger partial charge on any atom is -0.478 e. The van der Waals surface area contributed by atoms with Crippen molar-refractivity contribution in [1.29, 1.82) is 0 Å². The molecule has 0 unspecified atom stereocenters. The molecule has 5 heteroatoms. The number of rotatable bonds is 5. The highest BCUT2D eigenvalue weighted by Crippen LogP contribution is 2.32. The number of carboxylic acid groups (broad SMARTS) is 1. The fraction of sp³-hybridized carbons (Fsp3) is 0.562. The molecular weight excluding hydrogens is 284 g/mol. The molecule has 116 valence electrons. The molecule has 4 nitrogen and oxygen atoms in total. The summed E-state index contributed by atoms with van der Waals surface area (Å²) in [5.41, 5.74) is 1.33. The van der Waals surface area contributed by atoms with Gasteiger partial charge in [-0.2, -0.15) is 0 Å². The summed E-state index contributed by atoms with van der Waals surface area (Å²) in [6, 6.07) is 5.78. The molecule has 0 atom stereocenters. The van der Waals surface area contributed by atoms with E-state index in [-0.39, 0.29) is 0 Å². The quantitative estimate of drug-likeness (QED) is 0.847. The number of aromatic carboxylic acids is 1. The van der Waals surface area contributed by atoms with Gasteiger partial charge in [0.25, 0.3) is 0 Å². The summed E-state index contributed by atoms with van der Waals surface area (Å²) in [5, 5.41) is 9.53. The molecule has 0 aliphatic carbocycles. The van der Waals surface area contributed by atoms with Crippen molar-refractivity contribution in [3.63, 3.8) is 0 Å². The molecule has 21 heavy (non-hydrogen) atoms. The fourth-order valence-corrected chi connectivity index (χ4v) is 3.65. The molecular formula is C16H24N2O2S. The Morgan fingerprint density at radius 2 is 2.05 bits per heavy atom. The van der Waals surface area contributed by atoms with Crippen molar-refractivity contribution in [2.45, 2.75) is 17.7 Å². The standard InChI is InChI=1S/C16H24N2O2S/c1-17(2)11-12-7-9-18(10-8-12)13-5-4-6-14(21-3)15(13)16(19)20/h4-6,12H,7-11H2,1-3H3,(H,19,20). The largest absolute Gasteiger partial charge is 0.478 e. The molecule has 1 aliphatic rings. The first-order valence-electron chi connectivity index (χ1n) is 7.33. The Morgan fingerprint density at radius 3 is 2.57 bits per heavy atom. The Bertz CT molecular complexity index is 497. The lowest BCUT2D eigenvalue weighted by Gasteiger charge is -2.35. The van der Waals surface area contributed by atoms with Crippen LogP contribution in [0.15, 0.2) is 23.1 Å². The minimum absolute atomic E-state index is 0.455. The summed E-state index contributed by atoms with van der Waals surface area (Å²) in [6.45, 7) is 3.00. The van der Waals surface area contributed by atoms with Crippen LogP contribution in [-0.4, -0.2) is 56.0 Å². The first-order chi connectivity index (χ1) is 10.0. The number of nitrogens with zero attached hydrogens (tertiary/aromatic N) is 2. The zero-order valence-corrected chi connectivity index (χ0v) is 13.8. The van der Waals surface area contributed by atoms with Crippen LogP contribution in [0.2, 0.25) is 0 Å². The third-order valence-electron chi connectivity index (χ3n) is 4.02. The van der Waals surface area contributed by atoms with E-state index in [1.165, 1.54) is 11.8 Å². The van der Waals surface area contributed by atoms with Gasteiger partial charge in [-0.3, -0.25) is 0 Å². The van der Waals surface area contributed by atoms with Gasteiger partial charge in [0, 0.05) is 24.5 Å². The normalized spacial score (nSPS) is 16.5. The van der Waals surface area contributed by atoms with Crippen LogP contribution in [-0.2, 0) is 0 Å². The van der Waals surface area contributed by atoms with E-state index >= 15 is 0 Å². The summed E-state index contributed by atoms with van der Waals surface area (Å²) in [5.74, 6) is -0.112. The Morgan fingerprint density at radius 1 is 1.38 bits per heavy atom. The summed E-state index contributed by atoms with van der Waals surface area (Å²) in [7, 11) is 4.22. The van der Waals surface area contributed by atoms with Crippen LogP contribution in [0, 0.1) is 5.92 Å². The van der Waals surface area contributed by atoms with Crippen LogP contribution in [0.1, 0.15) is 23.2 Å². The first kappa shape index (κ1) is 16.2. The average Bonchev–Trinajstić information content (AvgIpc) is 2.46. The SMILES string of the molecule is CSc1cccc(N2CCC(CN(C)C)CC2)c1C(=O)O. The van der Waals surface area contributed by atoms with Crippen LogP contribution in [0.4, 0.5) is 5.69 Å². The second kappa shape index (κ2) is 7.18. The van der Waals surface area contributed by atoms with Gasteiger partial charge in [0.05, 0.1) is 11.3 Å². The van der Waals surface area contributed by atoms with Gasteiger partial charge < -0.3 is 14.9 Å². The lowest BCUT2D eigenvalue weighted by atomic mass is 9.95. The summed E-state index contributed by atoms with van der Waals surface area (Å²) in [6.07, 6.45) is 4.18. The number of benzene rings is 1. The van der Waals surface area contributed by atoms with Crippen LogP contribution < -0.4 is 4.90 Å². The highest BCUT2D eigenvalue weighted by Gasteiger charge is 2.24. The molecule has 2 rings (SSSR count). The molecule has 1 saturated heterocycles. The molecule has 0 aromatic heterocycles. The molecule has 0 amide bonds. The van der Waals surface area contributed by atoms with Crippen molar-refractivity contribution in [3.05, 3.63) is 23.8 Å². The van der Waals surface area contributed by atoms with E-state index < -0.39 is 5.97 Å². The smallest absolute Gasteiger partial charge is 0.338 e. The van der Waals surface area contributed by atoms with E-state index in [0.717, 1.165) is 43.1 Å². The van der Waals surface area contributed by atoms with Crippen molar-refractivity contribution in [2.75, 3.05) is 44.9 Å². The minimum atomic E-state index is -0.828. The molecule has 1 aromatic rings. The van der Waals surface area contributed by atoms with Gasteiger partial charge in [0.1, 0.15) is 0 Å². The van der Waals surface area contributed by atoms with Gasteiger partial charge >= 0.3 is 5.97 Å². The number of carboxylic acids is 1. The maximum absolute atomic E-state index is 11.6. The van der Waals surface area contributed by atoms with E-state index in [1.54, 1.807) is 0 Å². The Balaban J connectivity index is 2.15. The molecule has 1 fully saturated rings. The van der Waals surface area contributed by atoms with Crippen molar-refractivity contribution < 1.29 is 9.90 Å². The van der Waals surface area contributed by atoms with Crippen LogP contribution >= 0.6 is 11.8 Å². The van der Waals surface area contributed by atoms with Gasteiger partial charge in [0.15, 0.2) is 0 Å². The Kier molecular flexibility index (Phi) is 5.53. The van der Waals surface area contributed by atoms with E-state index in [0.29, 0.717) is 11.5 Å².